The number of benzene rings is 1. The third-order valence-corrected chi connectivity index (χ3v) is 7.30. The van der Waals surface area contributed by atoms with Gasteiger partial charge in [-0.15, -0.1) is 12.4 Å². The molecule has 6 nitrogen and oxygen atoms in total. The number of anilines is 1. The first-order valence-electron chi connectivity index (χ1n) is 11.7. The van der Waals surface area contributed by atoms with Gasteiger partial charge >= 0.3 is 0 Å². The van der Waals surface area contributed by atoms with Crippen LogP contribution in [0, 0.1) is 5.92 Å². The first kappa shape index (κ1) is 23.1. The zero-order valence-electron chi connectivity index (χ0n) is 19.0. The number of para-hydroxylation sites is 2. The van der Waals surface area contributed by atoms with E-state index < -0.39 is 0 Å². The number of halogens is 1. The zero-order chi connectivity index (χ0) is 21.2. The van der Waals surface area contributed by atoms with Gasteiger partial charge in [0.2, 0.25) is 0 Å². The van der Waals surface area contributed by atoms with Crippen molar-refractivity contribution in [2.75, 3.05) is 64.4 Å². The van der Waals surface area contributed by atoms with E-state index in [0.717, 1.165) is 58.1 Å². The van der Waals surface area contributed by atoms with Gasteiger partial charge in [0.15, 0.2) is 0 Å². The molecular weight excluding hydrogens is 424 g/mol. The quantitative estimate of drug-likeness (QED) is 0.665. The summed E-state index contributed by atoms with van der Waals surface area (Å²) in [7, 11) is 1.75. The van der Waals surface area contributed by atoms with Gasteiger partial charge in [0.25, 0.3) is 5.56 Å². The van der Waals surface area contributed by atoms with Crippen LogP contribution in [-0.4, -0.2) is 73.8 Å². The van der Waals surface area contributed by atoms with E-state index >= 15 is 0 Å². The van der Waals surface area contributed by atoms with E-state index in [1.807, 2.05) is 22.8 Å². The van der Waals surface area contributed by atoms with Crippen LogP contribution < -0.4 is 15.2 Å². The van der Waals surface area contributed by atoms with E-state index in [2.05, 4.69) is 32.9 Å². The highest BCUT2D eigenvalue weighted by molar-refractivity contribution is 5.85. The molecule has 0 saturated carbocycles. The normalized spacial score (nSPS) is 23.3. The van der Waals surface area contributed by atoms with Gasteiger partial charge in [-0.2, -0.15) is 0 Å². The molecule has 174 valence electrons. The van der Waals surface area contributed by atoms with Gasteiger partial charge in [-0.25, -0.2) is 0 Å². The van der Waals surface area contributed by atoms with Crippen molar-refractivity contribution < 1.29 is 4.74 Å². The molecule has 0 unspecified atom stereocenters. The highest BCUT2D eigenvalue weighted by Gasteiger charge is 2.34. The number of methoxy groups -OCH3 is 1. The van der Waals surface area contributed by atoms with Gasteiger partial charge in [0.1, 0.15) is 5.75 Å². The molecule has 3 aliphatic heterocycles. The van der Waals surface area contributed by atoms with E-state index in [1.165, 1.54) is 30.8 Å². The Bertz CT molecular complexity index is 957. The second-order valence-electron chi connectivity index (χ2n) is 9.31. The molecule has 2 fully saturated rings. The maximum Gasteiger partial charge on any atom is 0.250 e. The molecule has 7 heteroatoms. The van der Waals surface area contributed by atoms with Gasteiger partial charge in [-0.3, -0.25) is 9.69 Å². The lowest BCUT2D eigenvalue weighted by Crippen LogP contribution is -2.49. The predicted molar refractivity (Wildman–Crippen MR) is 132 cm³/mol. The van der Waals surface area contributed by atoms with Gasteiger partial charge in [-0.1, -0.05) is 18.2 Å². The molecule has 1 aromatic carbocycles. The van der Waals surface area contributed by atoms with Crippen molar-refractivity contribution in [2.24, 2.45) is 5.92 Å². The number of rotatable bonds is 6. The van der Waals surface area contributed by atoms with Gasteiger partial charge < -0.3 is 19.1 Å². The fourth-order valence-corrected chi connectivity index (χ4v) is 5.80. The number of nitrogens with zero attached hydrogens (tertiary/aromatic N) is 4. The Morgan fingerprint density at radius 2 is 1.69 bits per heavy atom. The minimum absolute atomic E-state index is 0. The lowest BCUT2D eigenvalue weighted by atomic mass is 9.83. The van der Waals surface area contributed by atoms with Crippen LogP contribution in [0.15, 0.2) is 47.3 Å². The summed E-state index contributed by atoms with van der Waals surface area (Å²) in [6.07, 6.45) is 2.46. The van der Waals surface area contributed by atoms with E-state index in [9.17, 15) is 4.79 Å². The van der Waals surface area contributed by atoms with Crippen molar-refractivity contribution in [3.8, 4) is 5.75 Å². The van der Waals surface area contributed by atoms with Crippen molar-refractivity contribution in [3.63, 3.8) is 0 Å². The lowest BCUT2D eigenvalue weighted by molar-refractivity contribution is 0.114. The summed E-state index contributed by atoms with van der Waals surface area (Å²) in [4.78, 5) is 19.9. The fourth-order valence-electron chi connectivity index (χ4n) is 5.80. The van der Waals surface area contributed by atoms with E-state index in [-0.39, 0.29) is 18.0 Å². The Labute approximate surface area is 197 Å². The topological polar surface area (TPSA) is 41.0 Å². The largest absolute Gasteiger partial charge is 0.495 e. The van der Waals surface area contributed by atoms with Crippen LogP contribution in [0.4, 0.5) is 5.69 Å². The van der Waals surface area contributed by atoms with Crippen LogP contribution in [-0.2, 0) is 6.54 Å². The van der Waals surface area contributed by atoms with Crippen LogP contribution >= 0.6 is 12.4 Å². The Kier molecular flexibility index (Phi) is 7.44. The highest BCUT2D eigenvalue weighted by atomic mass is 35.5. The van der Waals surface area contributed by atoms with Crippen LogP contribution in [0.25, 0.3) is 0 Å². The molecular formula is C25H35ClN4O2. The number of hydrogen-bond donors (Lipinski definition) is 0. The second kappa shape index (κ2) is 10.3. The molecule has 2 aromatic rings. The number of piperazine rings is 1. The van der Waals surface area contributed by atoms with E-state index in [4.69, 9.17) is 4.74 Å². The van der Waals surface area contributed by atoms with Crippen molar-refractivity contribution >= 4 is 18.1 Å². The standard InChI is InChI=1S/C25H34N4O2.ClH/c1-31-24-8-3-2-6-23(24)28-14-12-26(13-15-28)10-5-11-27-17-20-16-21(19-27)22-7-4-9-25(30)29(22)18-20;/h2-4,6-9,20-21H,5,10-19H2,1H3;1H/t20-,21-;/m1./s1. The Balaban J connectivity index is 0.00000245. The monoisotopic (exact) mass is 458 g/mol. The first-order chi connectivity index (χ1) is 15.2. The molecule has 3 aliphatic rings. The first-order valence-corrected chi connectivity index (χ1v) is 11.7. The molecule has 0 spiro atoms. The summed E-state index contributed by atoms with van der Waals surface area (Å²) in [5, 5.41) is 0. The summed E-state index contributed by atoms with van der Waals surface area (Å²) >= 11 is 0. The molecule has 1 aromatic heterocycles. The molecule has 2 bridgehead atoms. The van der Waals surface area contributed by atoms with Gasteiger partial charge in [-0.05, 0) is 50.0 Å². The van der Waals surface area contributed by atoms with Crippen LogP contribution in [0.2, 0.25) is 0 Å². The van der Waals surface area contributed by atoms with E-state index in [0.29, 0.717) is 11.8 Å². The molecule has 0 N–H and O–H groups in total. The third kappa shape index (κ3) is 4.82. The summed E-state index contributed by atoms with van der Waals surface area (Å²) in [6.45, 7) is 9.80. The number of fused-ring (bicyclic) bond motifs is 4. The molecule has 2 atom stereocenters. The number of ether oxygens (including phenoxy) is 1. The SMILES string of the molecule is COc1ccccc1N1CCN(CCCN2C[C@H]3C[C@H](C2)c2cccc(=O)n2C3)CC1.Cl. The molecule has 32 heavy (non-hydrogen) atoms. The molecule has 4 heterocycles. The molecule has 5 rings (SSSR count). The van der Waals surface area contributed by atoms with Crippen LogP contribution in [0.3, 0.4) is 0 Å². The molecule has 0 amide bonds. The maximum absolute atomic E-state index is 12.2. The maximum atomic E-state index is 12.2. The summed E-state index contributed by atoms with van der Waals surface area (Å²) < 4.78 is 7.56. The van der Waals surface area contributed by atoms with E-state index in [1.54, 1.807) is 13.2 Å². The number of aromatic nitrogens is 1. The minimum atomic E-state index is 0. The number of hydrogen-bond acceptors (Lipinski definition) is 5. The molecule has 0 radical (unpaired) electrons. The smallest absolute Gasteiger partial charge is 0.250 e. The van der Waals surface area contributed by atoms with Crippen LogP contribution in [0.5, 0.6) is 5.75 Å². The van der Waals surface area contributed by atoms with Crippen molar-refractivity contribution in [1.29, 1.82) is 0 Å². The fraction of sp³-hybridized carbons (Fsp3) is 0.560. The Morgan fingerprint density at radius 1 is 0.906 bits per heavy atom. The Morgan fingerprint density at radius 3 is 2.50 bits per heavy atom. The number of pyridine rings is 1. The zero-order valence-corrected chi connectivity index (χ0v) is 19.8. The van der Waals surface area contributed by atoms with Gasteiger partial charge in [0.05, 0.1) is 12.8 Å². The number of piperidine rings is 1. The van der Waals surface area contributed by atoms with Gasteiger partial charge in [0, 0.05) is 63.5 Å². The second-order valence-corrected chi connectivity index (χ2v) is 9.31. The van der Waals surface area contributed by atoms with Crippen LogP contribution in [0.1, 0.15) is 24.5 Å². The molecule has 2 saturated heterocycles. The van der Waals surface area contributed by atoms with Crippen molar-refractivity contribution in [3.05, 3.63) is 58.5 Å². The van der Waals surface area contributed by atoms with Crippen molar-refractivity contribution in [2.45, 2.75) is 25.3 Å². The summed E-state index contributed by atoms with van der Waals surface area (Å²) in [6, 6.07) is 14.1. The third-order valence-electron chi connectivity index (χ3n) is 7.30. The average molecular weight is 459 g/mol. The predicted octanol–water partition coefficient (Wildman–Crippen LogP) is 2.91. The Hall–Kier alpha value is -2.02. The summed E-state index contributed by atoms with van der Waals surface area (Å²) in [5.41, 5.74) is 2.64. The summed E-state index contributed by atoms with van der Waals surface area (Å²) in [5.74, 6) is 2.11. The minimum Gasteiger partial charge on any atom is -0.495 e. The number of likely N-dealkylation sites (tertiary alicyclic amines) is 1. The molecule has 0 aliphatic carbocycles. The highest BCUT2D eigenvalue weighted by Crippen LogP contribution is 2.35. The average Bonchev–Trinajstić information content (AvgIpc) is 2.80. The lowest BCUT2D eigenvalue weighted by Gasteiger charge is -2.43. The van der Waals surface area contributed by atoms with Crippen molar-refractivity contribution in [1.82, 2.24) is 14.4 Å².